The highest BCUT2D eigenvalue weighted by Crippen LogP contribution is 2.41. The molecule has 0 radical (unpaired) electrons. The van der Waals surface area contributed by atoms with Crippen LogP contribution in [0.1, 0.15) is 110 Å². The number of hydrogen-bond donors (Lipinski definition) is 4. The molecular weight excluding hydrogens is 761 g/mol. The molecule has 14 nitrogen and oxygen atoms in total. The average Bonchev–Trinajstić information content (AvgIpc) is 3.69. The predicted molar refractivity (Wildman–Crippen MR) is 240 cm³/mol. The lowest BCUT2D eigenvalue weighted by Crippen LogP contribution is -2.47. The Morgan fingerprint density at radius 1 is 0.867 bits per heavy atom. The first-order valence-corrected chi connectivity index (χ1v) is 23.1. The molecule has 1 amide bonds. The first-order chi connectivity index (χ1) is 29.2. The normalized spacial score (nSPS) is 17.4. The van der Waals surface area contributed by atoms with Crippen molar-refractivity contribution in [2.75, 3.05) is 103 Å². The lowest BCUT2D eigenvalue weighted by molar-refractivity contribution is -0.128. The van der Waals surface area contributed by atoms with Gasteiger partial charge in [-0.1, -0.05) is 59.3 Å². The van der Waals surface area contributed by atoms with Crippen molar-refractivity contribution in [3.63, 3.8) is 0 Å². The zero-order valence-electron chi connectivity index (χ0n) is 37.1. The van der Waals surface area contributed by atoms with Crippen molar-refractivity contribution in [2.24, 2.45) is 17.1 Å². The van der Waals surface area contributed by atoms with Gasteiger partial charge in [-0.3, -0.25) is 14.5 Å². The molecule has 0 spiro atoms. The molecule has 14 heteroatoms. The molecule has 2 aliphatic rings. The largest absolute Gasteiger partial charge is 0.382 e. The number of aromatic nitrogens is 3. The molecule has 336 valence electrons. The number of nitrogens with one attached hydrogen (secondary N) is 2. The third-order valence-electron chi connectivity index (χ3n) is 12.7. The molecule has 6 N–H and O–H groups in total. The minimum atomic E-state index is -0.424. The maximum Gasteiger partial charge on any atom is 0.222 e. The number of Topliss-reactive ketones (excluding diaryl/α,β-unsaturated/α-hetero) is 1. The molecule has 3 aromatic rings. The fourth-order valence-electron chi connectivity index (χ4n) is 8.57. The van der Waals surface area contributed by atoms with E-state index in [0.29, 0.717) is 78.1 Å². The number of nitrogens with two attached hydrogens (primary N) is 2. The summed E-state index contributed by atoms with van der Waals surface area (Å²) in [6.07, 6.45) is 14.2. The van der Waals surface area contributed by atoms with Gasteiger partial charge in [-0.15, -0.1) is 0 Å². The highest BCUT2D eigenvalue weighted by molar-refractivity contribution is 6.07. The van der Waals surface area contributed by atoms with E-state index in [1.807, 2.05) is 0 Å². The van der Waals surface area contributed by atoms with Crippen molar-refractivity contribution in [1.29, 1.82) is 0 Å². The van der Waals surface area contributed by atoms with E-state index in [9.17, 15) is 9.59 Å². The van der Waals surface area contributed by atoms with E-state index in [1.165, 1.54) is 37.8 Å². The van der Waals surface area contributed by atoms with Crippen LogP contribution in [0.25, 0.3) is 21.9 Å². The van der Waals surface area contributed by atoms with Gasteiger partial charge >= 0.3 is 0 Å². The highest BCUT2D eigenvalue weighted by atomic mass is 16.6. The number of amides is 1. The molecule has 2 aromatic heterocycles. The summed E-state index contributed by atoms with van der Waals surface area (Å²) in [7, 11) is 0. The second kappa shape index (κ2) is 25.5. The number of unbranched alkanes of at least 4 members (excludes halogenated alkanes) is 2. The summed E-state index contributed by atoms with van der Waals surface area (Å²) in [4.78, 5) is 43.1. The number of carbonyl (C=O) groups is 2. The molecule has 1 saturated carbocycles. The van der Waals surface area contributed by atoms with Gasteiger partial charge in [-0.25, -0.2) is 9.97 Å². The number of imidazole rings is 1. The second-order valence-electron chi connectivity index (χ2n) is 17.2. The lowest BCUT2D eigenvalue weighted by atomic mass is 9.67. The van der Waals surface area contributed by atoms with E-state index >= 15 is 0 Å². The second-order valence-corrected chi connectivity index (χ2v) is 17.2. The first kappa shape index (κ1) is 47.6. The van der Waals surface area contributed by atoms with E-state index in [0.717, 1.165) is 105 Å². The number of carbonyl (C=O) groups excluding carboxylic acids is 2. The number of pyridine rings is 1. The SMILES string of the molecule is CCCCc1nc2c([nH]1)c(N)nc1ccc(N3CCN(CCOCCOCCOCCOCCC(=O)NCCCCC(N)C(=O)C(C)C4(C)CCCCCCC4)CC3)cc12. The van der Waals surface area contributed by atoms with Gasteiger partial charge in [0, 0.05) is 69.1 Å². The van der Waals surface area contributed by atoms with E-state index < -0.39 is 6.04 Å². The Kier molecular flexibility index (Phi) is 20.3. The Hall–Kier alpha value is -3.40. The maximum atomic E-state index is 13.1. The van der Waals surface area contributed by atoms with Crippen LogP contribution in [-0.2, 0) is 35.0 Å². The molecule has 2 atom stereocenters. The van der Waals surface area contributed by atoms with Crippen molar-refractivity contribution in [2.45, 2.75) is 117 Å². The van der Waals surface area contributed by atoms with E-state index in [-0.39, 0.29) is 23.0 Å². The third kappa shape index (κ3) is 14.9. The minimum absolute atomic E-state index is 0.00547. The molecule has 1 aromatic carbocycles. The predicted octanol–water partition coefficient (Wildman–Crippen LogP) is 6.18. The molecule has 2 unspecified atom stereocenters. The fourth-order valence-corrected chi connectivity index (χ4v) is 8.57. The number of nitrogens with zero attached hydrogens (tertiary/aromatic N) is 4. The van der Waals surface area contributed by atoms with Gasteiger partial charge in [0.25, 0.3) is 0 Å². The number of anilines is 2. The number of aromatic amines is 1. The van der Waals surface area contributed by atoms with Crippen molar-refractivity contribution in [1.82, 2.24) is 25.2 Å². The van der Waals surface area contributed by atoms with Gasteiger partial charge in [0.1, 0.15) is 22.7 Å². The number of benzene rings is 1. The zero-order chi connectivity index (χ0) is 42.6. The summed E-state index contributed by atoms with van der Waals surface area (Å²) in [6, 6.07) is 5.98. The minimum Gasteiger partial charge on any atom is -0.382 e. The van der Waals surface area contributed by atoms with Crippen LogP contribution >= 0.6 is 0 Å². The van der Waals surface area contributed by atoms with Crippen molar-refractivity contribution >= 4 is 45.1 Å². The van der Waals surface area contributed by atoms with Crippen LogP contribution in [-0.4, -0.2) is 130 Å². The average molecular weight is 837 g/mol. The number of fused-ring (bicyclic) bond motifs is 3. The Morgan fingerprint density at radius 2 is 1.52 bits per heavy atom. The number of hydrogen-bond acceptors (Lipinski definition) is 12. The Morgan fingerprint density at radius 3 is 2.20 bits per heavy atom. The maximum absolute atomic E-state index is 13.1. The fraction of sp³-hybridized carbons (Fsp3) is 0.739. The number of ether oxygens (including phenoxy) is 4. The summed E-state index contributed by atoms with van der Waals surface area (Å²) >= 11 is 0. The van der Waals surface area contributed by atoms with Gasteiger partial charge in [-0.05, 0) is 62.1 Å². The molecule has 5 rings (SSSR count). The number of rotatable bonds is 27. The van der Waals surface area contributed by atoms with Crippen LogP contribution < -0.4 is 21.7 Å². The summed E-state index contributed by atoms with van der Waals surface area (Å²) in [5.41, 5.74) is 16.5. The van der Waals surface area contributed by atoms with Crippen LogP contribution in [0, 0.1) is 11.3 Å². The quantitative estimate of drug-likeness (QED) is 0.0641. The summed E-state index contributed by atoms with van der Waals surface area (Å²) in [5, 5.41) is 3.99. The molecule has 1 saturated heterocycles. The van der Waals surface area contributed by atoms with Crippen LogP contribution in [0.3, 0.4) is 0 Å². The number of ketones is 1. The lowest BCUT2D eigenvalue weighted by Gasteiger charge is -2.37. The number of aryl methyl sites for hydroxylation is 1. The number of nitrogen functional groups attached to an aromatic ring is 1. The highest BCUT2D eigenvalue weighted by Gasteiger charge is 2.37. The third-order valence-corrected chi connectivity index (χ3v) is 12.7. The topological polar surface area (TPSA) is 183 Å². The van der Waals surface area contributed by atoms with Crippen LogP contribution in [0.5, 0.6) is 0 Å². The summed E-state index contributed by atoms with van der Waals surface area (Å²) < 4.78 is 22.6. The molecule has 2 fully saturated rings. The van der Waals surface area contributed by atoms with Gasteiger partial charge in [0.2, 0.25) is 5.91 Å². The van der Waals surface area contributed by atoms with Crippen molar-refractivity contribution < 1.29 is 28.5 Å². The van der Waals surface area contributed by atoms with Crippen molar-refractivity contribution in [3.8, 4) is 0 Å². The molecular formula is C46H76N8O6. The standard InChI is InChI=1S/C46H76N8O6/c1-4-5-14-40-51-42-37-34-36(15-16-39(37)50-45(48)43(42)52-40)54-23-21-53(22-24-54)25-27-58-29-31-60-33-32-59-30-28-57-26-17-41(55)49-20-12-9-13-38(47)44(56)35(2)46(3)18-10-7-6-8-11-19-46/h15-16,34-35,38H,4-14,17-33,47H2,1-3H3,(H2,48,50)(H,49,55)(H,51,52). The Labute approximate surface area is 358 Å². The van der Waals surface area contributed by atoms with Gasteiger partial charge in [0.15, 0.2) is 5.78 Å². The number of piperazine rings is 1. The molecule has 60 heavy (non-hydrogen) atoms. The monoisotopic (exact) mass is 837 g/mol. The molecule has 3 heterocycles. The molecule has 0 bridgehead atoms. The van der Waals surface area contributed by atoms with Gasteiger partial charge in [-0.2, -0.15) is 0 Å². The van der Waals surface area contributed by atoms with Crippen LogP contribution in [0.2, 0.25) is 0 Å². The van der Waals surface area contributed by atoms with Crippen molar-refractivity contribution in [3.05, 3.63) is 24.0 Å². The van der Waals surface area contributed by atoms with Gasteiger partial charge < -0.3 is 45.6 Å². The van der Waals surface area contributed by atoms with Crippen LogP contribution in [0.15, 0.2) is 18.2 Å². The summed E-state index contributed by atoms with van der Waals surface area (Å²) in [5.74, 6) is 1.63. The summed E-state index contributed by atoms with van der Waals surface area (Å²) in [6.45, 7) is 15.8. The molecule has 1 aliphatic carbocycles. The smallest absolute Gasteiger partial charge is 0.222 e. The van der Waals surface area contributed by atoms with Gasteiger partial charge in [0.05, 0.1) is 64.4 Å². The Bertz CT molecular complexity index is 1720. The van der Waals surface area contributed by atoms with Crippen LogP contribution in [0.4, 0.5) is 11.5 Å². The Balaban J connectivity index is 0.804. The van der Waals surface area contributed by atoms with E-state index in [4.69, 9.17) is 35.4 Å². The first-order valence-electron chi connectivity index (χ1n) is 23.1. The number of H-pyrrole nitrogens is 1. The van der Waals surface area contributed by atoms with E-state index in [1.54, 1.807) is 0 Å². The van der Waals surface area contributed by atoms with E-state index in [2.05, 4.69) is 64.1 Å². The zero-order valence-corrected chi connectivity index (χ0v) is 37.1. The molecule has 1 aliphatic heterocycles.